The van der Waals surface area contributed by atoms with Gasteiger partial charge in [-0.2, -0.15) is 0 Å². The monoisotopic (exact) mass is 195 g/mol. The van der Waals surface area contributed by atoms with Crippen molar-refractivity contribution in [3.8, 4) is 12.3 Å². The maximum atomic E-state index is 11.4. The summed E-state index contributed by atoms with van der Waals surface area (Å²) >= 11 is 0. The molecule has 14 heavy (non-hydrogen) atoms. The van der Waals surface area contributed by atoms with E-state index in [0.717, 1.165) is 0 Å². The molecule has 2 N–H and O–H groups in total. The number of rotatable bonds is 4. The van der Waals surface area contributed by atoms with Crippen molar-refractivity contribution in [1.29, 1.82) is 0 Å². The van der Waals surface area contributed by atoms with E-state index in [1.54, 1.807) is 6.92 Å². The Morgan fingerprint density at radius 3 is 2.71 bits per heavy atom. The lowest BCUT2D eigenvalue weighted by molar-refractivity contribution is -0.140. The van der Waals surface area contributed by atoms with E-state index in [2.05, 4.69) is 11.2 Å². The zero-order chi connectivity index (χ0) is 10.7. The second-order valence-corrected chi connectivity index (χ2v) is 3.60. The fraction of sp³-hybridized carbons (Fsp3) is 0.600. The molecule has 0 heterocycles. The molecule has 1 aliphatic carbocycles. The number of hydrogen-bond donors (Lipinski definition) is 2. The van der Waals surface area contributed by atoms with Gasteiger partial charge in [0, 0.05) is 12.5 Å². The number of nitrogens with one attached hydrogen (secondary N) is 1. The summed E-state index contributed by atoms with van der Waals surface area (Å²) < 4.78 is 0. The van der Waals surface area contributed by atoms with E-state index in [1.807, 2.05) is 0 Å². The maximum Gasteiger partial charge on any atom is 0.307 e. The first-order valence-electron chi connectivity index (χ1n) is 4.53. The lowest BCUT2D eigenvalue weighted by atomic mass is 10.2. The number of carbonyl (C=O) groups excluding carboxylic acids is 1. The second-order valence-electron chi connectivity index (χ2n) is 3.60. The molecule has 0 saturated heterocycles. The van der Waals surface area contributed by atoms with E-state index in [0.29, 0.717) is 12.8 Å². The normalized spacial score (nSPS) is 26.0. The van der Waals surface area contributed by atoms with Crippen molar-refractivity contribution in [3.05, 3.63) is 0 Å². The zero-order valence-corrected chi connectivity index (χ0v) is 7.99. The van der Waals surface area contributed by atoms with Gasteiger partial charge in [0.05, 0.1) is 11.8 Å². The Morgan fingerprint density at radius 1 is 1.64 bits per heavy atom. The number of carboxylic acids is 1. The van der Waals surface area contributed by atoms with Crippen LogP contribution in [0.15, 0.2) is 0 Å². The first kappa shape index (κ1) is 10.6. The van der Waals surface area contributed by atoms with Crippen molar-refractivity contribution in [1.82, 2.24) is 5.32 Å². The van der Waals surface area contributed by atoms with Gasteiger partial charge in [-0.05, 0) is 13.3 Å². The van der Waals surface area contributed by atoms with Crippen LogP contribution in [0.2, 0.25) is 0 Å². The lowest BCUT2D eigenvalue weighted by Crippen LogP contribution is -2.34. The van der Waals surface area contributed by atoms with Crippen LogP contribution in [-0.4, -0.2) is 23.0 Å². The Labute approximate surface area is 82.7 Å². The number of terminal acetylenes is 1. The summed E-state index contributed by atoms with van der Waals surface area (Å²) in [6.07, 6.45) is 5.99. The molecule has 0 aromatic carbocycles. The summed E-state index contributed by atoms with van der Waals surface area (Å²) in [5, 5.41) is 11.3. The van der Waals surface area contributed by atoms with Gasteiger partial charge in [-0.15, -0.1) is 12.3 Å². The van der Waals surface area contributed by atoms with Crippen molar-refractivity contribution in [2.75, 3.05) is 0 Å². The largest absolute Gasteiger partial charge is 0.481 e. The molecule has 0 aromatic heterocycles. The number of carbonyl (C=O) groups is 2. The average Bonchev–Trinajstić information content (AvgIpc) is 2.82. The molecule has 0 bridgehead atoms. The van der Waals surface area contributed by atoms with Crippen LogP contribution in [-0.2, 0) is 9.59 Å². The minimum absolute atomic E-state index is 0.0810. The molecular formula is C10H13NO3. The predicted octanol–water partition coefficient (Wildman–Crippen LogP) is 0.235. The Balaban J connectivity index is 2.32. The number of aliphatic carboxylic acids is 1. The molecule has 1 fully saturated rings. The Bertz CT molecular complexity index is 292. The maximum absolute atomic E-state index is 11.4. The topological polar surface area (TPSA) is 66.4 Å². The third kappa shape index (κ3) is 2.49. The zero-order valence-electron chi connectivity index (χ0n) is 7.99. The molecule has 3 unspecified atom stereocenters. The highest BCUT2D eigenvalue weighted by Gasteiger charge is 2.48. The standard InChI is InChI=1S/C10H13NO3/c1-3-4-6(2)11-9(12)7-5-8(7)10(13)14/h1,6-8H,4-5H2,2H3,(H,11,12)(H,13,14). The van der Waals surface area contributed by atoms with E-state index in [4.69, 9.17) is 11.5 Å². The van der Waals surface area contributed by atoms with Crippen LogP contribution in [0.5, 0.6) is 0 Å². The molecule has 1 rings (SSSR count). The summed E-state index contributed by atoms with van der Waals surface area (Å²) in [4.78, 5) is 21.8. The molecular weight excluding hydrogens is 182 g/mol. The van der Waals surface area contributed by atoms with Gasteiger partial charge in [0.1, 0.15) is 0 Å². The molecule has 0 radical (unpaired) electrons. The number of carboxylic acid groups (broad SMARTS) is 1. The second kappa shape index (κ2) is 4.14. The summed E-state index contributed by atoms with van der Waals surface area (Å²) in [5.74, 6) is 0.501. The number of hydrogen-bond acceptors (Lipinski definition) is 2. The minimum Gasteiger partial charge on any atom is -0.481 e. The van der Waals surface area contributed by atoms with Crippen LogP contribution < -0.4 is 5.32 Å². The van der Waals surface area contributed by atoms with Crippen molar-refractivity contribution < 1.29 is 14.7 Å². The van der Waals surface area contributed by atoms with Gasteiger partial charge in [-0.25, -0.2) is 0 Å². The molecule has 1 aliphatic rings. The van der Waals surface area contributed by atoms with Crippen LogP contribution in [0.25, 0.3) is 0 Å². The molecule has 0 aliphatic heterocycles. The quantitative estimate of drug-likeness (QED) is 0.631. The van der Waals surface area contributed by atoms with Crippen LogP contribution >= 0.6 is 0 Å². The molecule has 4 nitrogen and oxygen atoms in total. The van der Waals surface area contributed by atoms with E-state index >= 15 is 0 Å². The molecule has 0 spiro atoms. The molecule has 3 atom stereocenters. The smallest absolute Gasteiger partial charge is 0.307 e. The van der Waals surface area contributed by atoms with Crippen LogP contribution in [0.4, 0.5) is 0 Å². The highest BCUT2D eigenvalue weighted by Crippen LogP contribution is 2.38. The fourth-order valence-corrected chi connectivity index (χ4v) is 1.34. The van der Waals surface area contributed by atoms with Gasteiger partial charge in [0.2, 0.25) is 5.91 Å². The molecule has 4 heteroatoms. The van der Waals surface area contributed by atoms with Crippen LogP contribution in [0, 0.1) is 24.2 Å². The predicted molar refractivity (Wildman–Crippen MR) is 50.3 cm³/mol. The Hall–Kier alpha value is -1.50. The lowest BCUT2D eigenvalue weighted by Gasteiger charge is -2.09. The molecule has 0 aromatic rings. The highest BCUT2D eigenvalue weighted by molar-refractivity contribution is 5.89. The van der Waals surface area contributed by atoms with Crippen LogP contribution in [0.1, 0.15) is 19.8 Å². The van der Waals surface area contributed by atoms with Gasteiger partial charge < -0.3 is 10.4 Å². The van der Waals surface area contributed by atoms with E-state index in [1.165, 1.54) is 0 Å². The minimum atomic E-state index is -0.894. The van der Waals surface area contributed by atoms with Crippen molar-refractivity contribution in [2.24, 2.45) is 11.8 Å². The summed E-state index contributed by atoms with van der Waals surface area (Å²) in [6, 6.07) is -0.0810. The van der Waals surface area contributed by atoms with E-state index in [9.17, 15) is 9.59 Å². The van der Waals surface area contributed by atoms with Gasteiger partial charge in [-0.1, -0.05) is 0 Å². The highest BCUT2D eigenvalue weighted by atomic mass is 16.4. The SMILES string of the molecule is C#CCC(C)NC(=O)C1CC1C(=O)O. The third-order valence-corrected chi connectivity index (χ3v) is 2.26. The van der Waals surface area contributed by atoms with Gasteiger partial charge in [-0.3, -0.25) is 9.59 Å². The first-order valence-corrected chi connectivity index (χ1v) is 4.53. The van der Waals surface area contributed by atoms with Crippen molar-refractivity contribution in [3.63, 3.8) is 0 Å². The first-order chi connectivity index (χ1) is 6.56. The fourth-order valence-electron chi connectivity index (χ4n) is 1.34. The summed E-state index contributed by atoms with van der Waals surface area (Å²) in [7, 11) is 0. The third-order valence-electron chi connectivity index (χ3n) is 2.26. The van der Waals surface area contributed by atoms with Crippen molar-refractivity contribution >= 4 is 11.9 Å². The molecule has 1 amide bonds. The molecule has 1 saturated carbocycles. The summed E-state index contributed by atoms with van der Waals surface area (Å²) in [6.45, 7) is 1.80. The Kier molecular flexibility index (Phi) is 3.13. The van der Waals surface area contributed by atoms with Gasteiger partial charge in [0.25, 0.3) is 0 Å². The molecule has 76 valence electrons. The Morgan fingerprint density at radius 2 is 2.29 bits per heavy atom. The number of amides is 1. The van der Waals surface area contributed by atoms with Gasteiger partial charge >= 0.3 is 5.97 Å². The van der Waals surface area contributed by atoms with Crippen molar-refractivity contribution in [2.45, 2.75) is 25.8 Å². The van der Waals surface area contributed by atoms with E-state index < -0.39 is 11.9 Å². The van der Waals surface area contributed by atoms with Crippen LogP contribution in [0.3, 0.4) is 0 Å². The average molecular weight is 195 g/mol. The van der Waals surface area contributed by atoms with E-state index in [-0.39, 0.29) is 17.9 Å². The van der Waals surface area contributed by atoms with Gasteiger partial charge in [0.15, 0.2) is 0 Å². The summed E-state index contributed by atoms with van der Waals surface area (Å²) in [5.41, 5.74) is 0.